The van der Waals surface area contributed by atoms with Crippen molar-refractivity contribution in [2.24, 2.45) is 0 Å². The summed E-state index contributed by atoms with van der Waals surface area (Å²) in [4.78, 5) is 35.9. The third-order valence-electron chi connectivity index (χ3n) is 3.89. The van der Waals surface area contributed by atoms with Gasteiger partial charge in [0.05, 0.1) is 19.2 Å². The quantitative estimate of drug-likeness (QED) is 0.692. The lowest BCUT2D eigenvalue weighted by Crippen LogP contribution is -2.43. The van der Waals surface area contributed by atoms with E-state index in [4.69, 9.17) is 21.1 Å². The normalized spacial score (nSPS) is 11.3. The molecule has 2 rings (SSSR count). The first-order valence-corrected chi connectivity index (χ1v) is 8.80. The Labute approximate surface area is 168 Å². The van der Waals surface area contributed by atoms with Gasteiger partial charge in [-0.2, -0.15) is 0 Å². The molecule has 0 radical (unpaired) electrons. The number of carbonyl (C=O) groups excluding carboxylic acids is 3. The van der Waals surface area contributed by atoms with Crippen LogP contribution in [0.5, 0.6) is 5.75 Å². The van der Waals surface area contributed by atoms with Gasteiger partial charge >= 0.3 is 5.97 Å². The van der Waals surface area contributed by atoms with Crippen LogP contribution >= 0.6 is 11.6 Å². The van der Waals surface area contributed by atoms with Crippen LogP contribution in [0.1, 0.15) is 22.8 Å². The fourth-order valence-electron chi connectivity index (χ4n) is 2.59. The number of halogens is 1. The van der Waals surface area contributed by atoms with E-state index in [0.29, 0.717) is 22.0 Å². The van der Waals surface area contributed by atoms with Crippen molar-refractivity contribution in [3.63, 3.8) is 0 Å². The topological polar surface area (TPSA) is 93.7 Å². The smallest absolute Gasteiger partial charge is 0.328 e. The number of carbonyl (C=O) groups is 3. The number of nitrogens with one attached hydrogen (secondary N) is 2. The van der Waals surface area contributed by atoms with E-state index >= 15 is 0 Å². The van der Waals surface area contributed by atoms with E-state index < -0.39 is 17.9 Å². The highest BCUT2D eigenvalue weighted by atomic mass is 35.5. The molecule has 0 bridgehead atoms. The molecular formula is C20H21ClN2O5. The predicted molar refractivity (Wildman–Crippen MR) is 106 cm³/mol. The van der Waals surface area contributed by atoms with Crippen molar-refractivity contribution in [1.82, 2.24) is 5.32 Å². The Hall–Kier alpha value is -3.06. The number of esters is 1. The second kappa shape index (κ2) is 9.75. The number of hydrogen-bond acceptors (Lipinski definition) is 5. The number of methoxy groups -OCH3 is 2. The Morgan fingerprint density at radius 2 is 1.86 bits per heavy atom. The van der Waals surface area contributed by atoms with Crippen molar-refractivity contribution in [2.45, 2.75) is 19.4 Å². The average molecular weight is 405 g/mol. The summed E-state index contributed by atoms with van der Waals surface area (Å²) in [5.41, 5.74) is 1.51. The van der Waals surface area contributed by atoms with Crippen LogP contribution in [0.2, 0.25) is 5.02 Å². The molecule has 0 aromatic heterocycles. The van der Waals surface area contributed by atoms with Crippen molar-refractivity contribution >= 4 is 35.1 Å². The van der Waals surface area contributed by atoms with Crippen LogP contribution in [0.4, 0.5) is 5.69 Å². The molecule has 0 heterocycles. The zero-order valence-corrected chi connectivity index (χ0v) is 16.5. The third-order valence-corrected chi connectivity index (χ3v) is 4.19. The monoisotopic (exact) mass is 404 g/mol. The van der Waals surface area contributed by atoms with Crippen molar-refractivity contribution in [3.05, 3.63) is 58.6 Å². The summed E-state index contributed by atoms with van der Waals surface area (Å²) in [7, 11) is 2.76. The van der Waals surface area contributed by atoms with Gasteiger partial charge in [0.2, 0.25) is 5.91 Å². The molecule has 0 fully saturated rings. The minimum Gasteiger partial charge on any atom is -0.495 e. The third kappa shape index (κ3) is 5.72. The molecule has 0 aliphatic heterocycles. The van der Waals surface area contributed by atoms with Gasteiger partial charge in [0.15, 0.2) is 0 Å². The van der Waals surface area contributed by atoms with Gasteiger partial charge in [-0.25, -0.2) is 4.79 Å². The van der Waals surface area contributed by atoms with E-state index in [-0.39, 0.29) is 12.3 Å². The molecule has 0 saturated heterocycles. The lowest BCUT2D eigenvalue weighted by atomic mass is 10.0. The molecule has 0 unspecified atom stereocenters. The van der Waals surface area contributed by atoms with E-state index in [1.54, 1.807) is 36.4 Å². The SMILES string of the molecule is COC(=O)[C@@H](Cc1ccc(OC)c(Cl)c1)NC(=O)c1cccc(NC(C)=O)c1. The van der Waals surface area contributed by atoms with Gasteiger partial charge in [-0.05, 0) is 35.9 Å². The minimum absolute atomic E-state index is 0.188. The summed E-state index contributed by atoms with van der Waals surface area (Å²) in [5.74, 6) is -0.791. The molecule has 1 atom stereocenters. The fraction of sp³-hybridized carbons (Fsp3) is 0.250. The molecule has 7 nitrogen and oxygen atoms in total. The fourth-order valence-corrected chi connectivity index (χ4v) is 2.87. The molecule has 2 aromatic rings. The maximum atomic E-state index is 12.6. The Balaban J connectivity index is 2.18. The molecule has 28 heavy (non-hydrogen) atoms. The largest absolute Gasteiger partial charge is 0.495 e. The van der Waals surface area contributed by atoms with Gasteiger partial charge in [0.25, 0.3) is 5.91 Å². The van der Waals surface area contributed by atoms with Crippen LogP contribution < -0.4 is 15.4 Å². The zero-order valence-electron chi connectivity index (χ0n) is 15.7. The van der Waals surface area contributed by atoms with Gasteiger partial charge in [-0.1, -0.05) is 23.7 Å². The van der Waals surface area contributed by atoms with Crippen LogP contribution in [0.15, 0.2) is 42.5 Å². The molecule has 148 valence electrons. The first-order valence-electron chi connectivity index (χ1n) is 8.42. The van der Waals surface area contributed by atoms with Gasteiger partial charge < -0.3 is 20.1 Å². The predicted octanol–water partition coefficient (Wildman–Crippen LogP) is 2.82. The van der Waals surface area contributed by atoms with Crippen LogP contribution in [0, 0.1) is 0 Å². The van der Waals surface area contributed by atoms with Crippen LogP contribution in [-0.4, -0.2) is 38.0 Å². The van der Waals surface area contributed by atoms with E-state index in [0.717, 1.165) is 5.56 Å². The molecule has 2 N–H and O–H groups in total. The second-order valence-corrected chi connectivity index (χ2v) is 6.39. The molecule has 8 heteroatoms. The van der Waals surface area contributed by atoms with Crippen molar-refractivity contribution in [1.29, 1.82) is 0 Å². The van der Waals surface area contributed by atoms with Crippen LogP contribution in [0.25, 0.3) is 0 Å². The van der Waals surface area contributed by atoms with E-state index in [2.05, 4.69) is 10.6 Å². The van der Waals surface area contributed by atoms with Crippen LogP contribution in [-0.2, 0) is 20.7 Å². The number of amides is 2. The maximum absolute atomic E-state index is 12.6. The molecule has 0 spiro atoms. The molecule has 2 amide bonds. The highest BCUT2D eigenvalue weighted by molar-refractivity contribution is 6.32. The summed E-state index contributed by atoms with van der Waals surface area (Å²) in [6, 6.07) is 10.6. The zero-order chi connectivity index (χ0) is 20.7. The van der Waals surface area contributed by atoms with Gasteiger partial charge in [-0.15, -0.1) is 0 Å². The molecule has 0 saturated carbocycles. The lowest BCUT2D eigenvalue weighted by Gasteiger charge is -2.17. The van der Waals surface area contributed by atoms with Crippen molar-refractivity contribution in [2.75, 3.05) is 19.5 Å². The number of benzene rings is 2. The van der Waals surface area contributed by atoms with Gasteiger partial charge in [-0.3, -0.25) is 9.59 Å². The van der Waals surface area contributed by atoms with E-state index in [9.17, 15) is 14.4 Å². The van der Waals surface area contributed by atoms with Crippen molar-refractivity contribution < 1.29 is 23.9 Å². The Bertz CT molecular complexity index is 885. The average Bonchev–Trinajstić information content (AvgIpc) is 2.66. The number of rotatable bonds is 7. The van der Waals surface area contributed by atoms with E-state index in [1.807, 2.05) is 0 Å². The first-order chi connectivity index (χ1) is 13.3. The highest BCUT2D eigenvalue weighted by Crippen LogP contribution is 2.25. The summed E-state index contributed by atoms with van der Waals surface area (Å²) in [6.45, 7) is 1.38. The first kappa shape index (κ1) is 21.2. The molecule has 0 aliphatic carbocycles. The van der Waals surface area contributed by atoms with Crippen molar-refractivity contribution in [3.8, 4) is 5.75 Å². The summed E-state index contributed by atoms with van der Waals surface area (Å²) >= 11 is 6.12. The Kier molecular flexibility index (Phi) is 7.40. The summed E-state index contributed by atoms with van der Waals surface area (Å²) in [6.07, 6.45) is 0.188. The number of hydrogen-bond donors (Lipinski definition) is 2. The molecule has 0 aliphatic rings. The molecule has 2 aromatic carbocycles. The lowest BCUT2D eigenvalue weighted by molar-refractivity contribution is -0.142. The second-order valence-electron chi connectivity index (χ2n) is 5.98. The maximum Gasteiger partial charge on any atom is 0.328 e. The Morgan fingerprint density at radius 1 is 1.11 bits per heavy atom. The molecular weight excluding hydrogens is 384 g/mol. The summed E-state index contributed by atoms with van der Waals surface area (Å²) < 4.78 is 9.92. The van der Waals surface area contributed by atoms with Crippen LogP contribution in [0.3, 0.4) is 0 Å². The Morgan fingerprint density at radius 3 is 2.46 bits per heavy atom. The highest BCUT2D eigenvalue weighted by Gasteiger charge is 2.23. The van der Waals surface area contributed by atoms with Gasteiger partial charge in [0.1, 0.15) is 11.8 Å². The number of ether oxygens (including phenoxy) is 2. The summed E-state index contributed by atoms with van der Waals surface area (Å²) in [5, 5.41) is 5.67. The van der Waals surface area contributed by atoms with E-state index in [1.165, 1.54) is 27.2 Å². The standard InChI is InChI=1S/C20H21ClN2O5/c1-12(24)22-15-6-4-5-14(11-15)19(25)23-17(20(26)28-3)10-13-7-8-18(27-2)16(21)9-13/h4-9,11,17H,10H2,1-3H3,(H,22,24)(H,23,25)/t17-/m1/s1. The minimum atomic E-state index is -0.911. The van der Waals surface area contributed by atoms with Gasteiger partial charge in [0, 0.05) is 24.6 Å². The number of anilines is 1.